The van der Waals surface area contributed by atoms with E-state index in [1.165, 1.54) is 63.4 Å². The molecule has 1 aliphatic carbocycles. The standard InChI is InChI=1S/C13H24/c1-3-4-8-13-9-6-5-7-12(2)10-11-13/h13H,2-11H2,1H3. The Morgan fingerprint density at radius 3 is 2.85 bits per heavy atom. The second kappa shape index (κ2) is 6.23. The highest BCUT2D eigenvalue weighted by molar-refractivity contribution is 4.95. The van der Waals surface area contributed by atoms with Crippen molar-refractivity contribution in [3.05, 3.63) is 12.2 Å². The topological polar surface area (TPSA) is 0 Å². The molecule has 0 aromatic rings. The molecule has 1 atom stereocenters. The van der Waals surface area contributed by atoms with E-state index in [1.54, 1.807) is 0 Å². The Bertz CT molecular complexity index is 144. The Kier molecular flexibility index (Phi) is 5.19. The maximum atomic E-state index is 4.13. The Labute approximate surface area is 83.4 Å². The molecule has 1 rings (SSSR count). The van der Waals surface area contributed by atoms with Crippen molar-refractivity contribution >= 4 is 0 Å². The lowest BCUT2D eigenvalue weighted by atomic mass is 9.86. The molecule has 0 radical (unpaired) electrons. The van der Waals surface area contributed by atoms with Gasteiger partial charge < -0.3 is 0 Å². The molecular weight excluding hydrogens is 156 g/mol. The predicted molar refractivity (Wildman–Crippen MR) is 59.9 cm³/mol. The molecule has 0 aromatic carbocycles. The largest absolute Gasteiger partial charge is 0.0999 e. The average molecular weight is 180 g/mol. The summed E-state index contributed by atoms with van der Waals surface area (Å²) in [4.78, 5) is 0. The smallest absolute Gasteiger partial charge is 0.0320 e. The van der Waals surface area contributed by atoms with E-state index >= 15 is 0 Å². The fourth-order valence-electron chi connectivity index (χ4n) is 2.27. The third-order valence-corrected chi connectivity index (χ3v) is 3.26. The molecule has 0 nitrogen and oxygen atoms in total. The minimum Gasteiger partial charge on any atom is -0.0999 e. The van der Waals surface area contributed by atoms with Crippen LogP contribution in [0.5, 0.6) is 0 Å². The maximum Gasteiger partial charge on any atom is -0.0320 e. The molecule has 76 valence electrons. The molecule has 0 aliphatic heterocycles. The molecule has 0 spiro atoms. The number of hydrogen-bond donors (Lipinski definition) is 0. The minimum absolute atomic E-state index is 1.01. The summed E-state index contributed by atoms with van der Waals surface area (Å²) < 4.78 is 0. The molecule has 0 saturated heterocycles. The van der Waals surface area contributed by atoms with Gasteiger partial charge in [0.25, 0.3) is 0 Å². The zero-order chi connectivity index (χ0) is 9.52. The summed E-state index contributed by atoms with van der Waals surface area (Å²) in [5.74, 6) is 1.01. The van der Waals surface area contributed by atoms with Gasteiger partial charge in [-0.15, -0.1) is 0 Å². The van der Waals surface area contributed by atoms with Crippen molar-refractivity contribution in [1.82, 2.24) is 0 Å². The monoisotopic (exact) mass is 180 g/mol. The van der Waals surface area contributed by atoms with Gasteiger partial charge in [0.1, 0.15) is 0 Å². The zero-order valence-electron chi connectivity index (χ0n) is 9.15. The van der Waals surface area contributed by atoms with Gasteiger partial charge in [-0.3, -0.25) is 0 Å². The van der Waals surface area contributed by atoms with Crippen molar-refractivity contribution in [1.29, 1.82) is 0 Å². The van der Waals surface area contributed by atoms with Gasteiger partial charge in [0.15, 0.2) is 0 Å². The van der Waals surface area contributed by atoms with E-state index in [2.05, 4.69) is 13.5 Å². The van der Waals surface area contributed by atoms with Crippen LogP contribution >= 0.6 is 0 Å². The van der Waals surface area contributed by atoms with Crippen LogP contribution in [0.1, 0.15) is 64.7 Å². The van der Waals surface area contributed by atoms with Gasteiger partial charge in [-0.2, -0.15) is 0 Å². The lowest BCUT2D eigenvalue weighted by Crippen LogP contribution is -2.04. The first kappa shape index (κ1) is 10.8. The normalized spacial score (nSPS) is 25.3. The second-order valence-corrected chi connectivity index (χ2v) is 4.54. The highest BCUT2D eigenvalue weighted by Gasteiger charge is 2.11. The van der Waals surface area contributed by atoms with Gasteiger partial charge in [0.05, 0.1) is 0 Å². The van der Waals surface area contributed by atoms with Crippen molar-refractivity contribution in [2.45, 2.75) is 64.7 Å². The minimum atomic E-state index is 1.01. The number of allylic oxidation sites excluding steroid dienone is 1. The second-order valence-electron chi connectivity index (χ2n) is 4.54. The van der Waals surface area contributed by atoms with E-state index in [1.807, 2.05) is 0 Å². The van der Waals surface area contributed by atoms with Crippen LogP contribution in [0, 0.1) is 5.92 Å². The Hall–Kier alpha value is -0.260. The Morgan fingerprint density at radius 1 is 1.23 bits per heavy atom. The fourth-order valence-corrected chi connectivity index (χ4v) is 2.27. The predicted octanol–water partition coefficient (Wildman–Crippen LogP) is 4.70. The molecule has 0 N–H and O–H groups in total. The van der Waals surface area contributed by atoms with Gasteiger partial charge in [-0.05, 0) is 31.6 Å². The van der Waals surface area contributed by atoms with Gasteiger partial charge >= 0.3 is 0 Å². The first-order valence-corrected chi connectivity index (χ1v) is 5.99. The van der Waals surface area contributed by atoms with Gasteiger partial charge in [0.2, 0.25) is 0 Å². The van der Waals surface area contributed by atoms with Crippen LogP contribution in [-0.2, 0) is 0 Å². The van der Waals surface area contributed by atoms with E-state index in [4.69, 9.17) is 0 Å². The van der Waals surface area contributed by atoms with Crippen molar-refractivity contribution in [3.8, 4) is 0 Å². The molecule has 1 unspecified atom stereocenters. The van der Waals surface area contributed by atoms with Crippen molar-refractivity contribution in [2.24, 2.45) is 5.92 Å². The Balaban J connectivity index is 2.23. The summed E-state index contributed by atoms with van der Waals surface area (Å²) in [7, 11) is 0. The Morgan fingerprint density at radius 2 is 2.08 bits per heavy atom. The highest BCUT2D eigenvalue weighted by atomic mass is 14.2. The summed E-state index contributed by atoms with van der Waals surface area (Å²) in [6.07, 6.45) is 12.6. The molecule has 0 heterocycles. The quantitative estimate of drug-likeness (QED) is 0.552. The van der Waals surface area contributed by atoms with E-state index in [-0.39, 0.29) is 0 Å². The van der Waals surface area contributed by atoms with E-state index in [9.17, 15) is 0 Å². The number of unbranched alkanes of at least 4 members (excludes halogenated alkanes) is 1. The zero-order valence-corrected chi connectivity index (χ0v) is 9.15. The molecule has 1 saturated carbocycles. The molecule has 1 fully saturated rings. The SMILES string of the molecule is C=C1CCCCC(CCCC)CC1. The van der Waals surface area contributed by atoms with Gasteiger partial charge in [-0.1, -0.05) is 51.2 Å². The lowest BCUT2D eigenvalue weighted by molar-refractivity contribution is 0.375. The summed E-state index contributed by atoms with van der Waals surface area (Å²) >= 11 is 0. The van der Waals surface area contributed by atoms with E-state index < -0.39 is 0 Å². The number of hydrogen-bond acceptors (Lipinski definition) is 0. The van der Waals surface area contributed by atoms with Crippen molar-refractivity contribution < 1.29 is 0 Å². The van der Waals surface area contributed by atoms with Crippen molar-refractivity contribution in [3.63, 3.8) is 0 Å². The van der Waals surface area contributed by atoms with Crippen LogP contribution in [0.3, 0.4) is 0 Å². The van der Waals surface area contributed by atoms with Crippen molar-refractivity contribution in [2.75, 3.05) is 0 Å². The van der Waals surface area contributed by atoms with Crippen LogP contribution in [0.4, 0.5) is 0 Å². The molecule has 0 bridgehead atoms. The molecule has 0 aromatic heterocycles. The third kappa shape index (κ3) is 4.50. The first-order valence-electron chi connectivity index (χ1n) is 5.99. The molecule has 0 amide bonds. The maximum absolute atomic E-state index is 4.13. The summed E-state index contributed by atoms with van der Waals surface area (Å²) in [6, 6.07) is 0. The summed E-state index contributed by atoms with van der Waals surface area (Å²) in [5, 5.41) is 0. The van der Waals surface area contributed by atoms with Crippen LogP contribution < -0.4 is 0 Å². The van der Waals surface area contributed by atoms with Gasteiger partial charge in [-0.25, -0.2) is 0 Å². The van der Waals surface area contributed by atoms with Crippen LogP contribution in [0.25, 0.3) is 0 Å². The van der Waals surface area contributed by atoms with Crippen LogP contribution in [0.2, 0.25) is 0 Å². The van der Waals surface area contributed by atoms with Crippen LogP contribution in [0.15, 0.2) is 12.2 Å². The lowest BCUT2D eigenvalue weighted by Gasteiger charge is -2.20. The molecular formula is C13H24. The third-order valence-electron chi connectivity index (χ3n) is 3.26. The van der Waals surface area contributed by atoms with E-state index in [0.29, 0.717) is 0 Å². The summed E-state index contributed by atoms with van der Waals surface area (Å²) in [5.41, 5.74) is 1.50. The van der Waals surface area contributed by atoms with Crippen LogP contribution in [-0.4, -0.2) is 0 Å². The molecule has 13 heavy (non-hydrogen) atoms. The molecule has 0 heteroatoms. The average Bonchev–Trinajstić information content (AvgIpc) is 2.11. The highest BCUT2D eigenvalue weighted by Crippen LogP contribution is 2.27. The summed E-state index contributed by atoms with van der Waals surface area (Å²) in [6.45, 7) is 6.42. The number of rotatable bonds is 3. The van der Waals surface area contributed by atoms with E-state index in [0.717, 1.165) is 5.92 Å². The fraction of sp³-hybridized carbons (Fsp3) is 0.846. The molecule has 1 aliphatic rings. The van der Waals surface area contributed by atoms with Gasteiger partial charge in [0, 0.05) is 0 Å². The first-order chi connectivity index (χ1) is 6.33.